The van der Waals surface area contributed by atoms with Crippen molar-refractivity contribution in [2.24, 2.45) is 0 Å². The van der Waals surface area contributed by atoms with Gasteiger partial charge in [-0.15, -0.1) is 0 Å². The van der Waals surface area contributed by atoms with E-state index in [1.807, 2.05) is 0 Å². The molecule has 2 nitrogen and oxygen atoms in total. The first-order valence-corrected chi connectivity index (χ1v) is 5.50. The molecule has 2 rings (SSSR count). The van der Waals surface area contributed by atoms with Crippen molar-refractivity contribution in [3.63, 3.8) is 0 Å². The van der Waals surface area contributed by atoms with Crippen molar-refractivity contribution in [1.82, 2.24) is 0 Å². The van der Waals surface area contributed by atoms with Gasteiger partial charge in [0.15, 0.2) is 11.6 Å². The molecule has 100 valence electrons. The van der Waals surface area contributed by atoms with Crippen molar-refractivity contribution in [2.75, 3.05) is 7.11 Å². The Bertz CT molecular complexity index is 579. The largest absolute Gasteiger partial charge is 0.494 e. The molecule has 1 unspecified atom stereocenters. The normalized spacial score (nSPS) is 12.3. The summed E-state index contributed by atoms with van der Waals surface area (Å²) in [6.45, 7) is 0. The summed E-state index contributed by atoms with van der Waals surface area (Å²) in [5, 5.41) is 9.98. The number of rotatable bonds is 3. The van der Waals surface area contributed by atoms with Crippen LogP contribution in [-0.2, 0) is 0 Å². The molecule has 2 aromatic carbocycles. The first-order chi connectivity index (χ1) is 9.06. The van der Waals surface area contributed by atoms with Crippen LogP contribution in [0.3, 0.4) is 0 Å². The van der Waals surface area contributed by atoms with E-state index < -0.39 is 29.1 Å². The van der Waals surface area contributed by atoms with Crippen molar-refractivity contribution in [2.45, 2.75) is 6.10 Å². The number of halogens is 3. The van der Waals surface area contributed by atoms with Crippen molar-refractivity contribution >= 4 is 0 Å². The lowest BCUT2D eigenvalue weighted by molar-refractivity contribution is 0.202. The summed E-state index contributed by atoms with van der Waals surface area (Å²) in [6, 6.07) is 7.19. The van der Waals surface area contributed by atoms with Crippen LogP contribution in [-0.4, -0.2) is 12.2 Å². The minimum atomic E-state index is -1.74. The molecule has 19 heavy (non-hydrogen) atoms. The summed E-state index contributed by atoms with van der Waals surface area (Å²) in [4.78, 5) is 0. The third kappa shape index (κ3) is 2.42. The molecular formula is C14H11F3O2. The highest BCUT2D eigenvalue weighted by atomic mass is 19.1. The molecule has 0 aliphatic rings. The fourth-order valence-electron chi connectivity index (χ4n) is 1.82. The Kier molecular flexibility index (Phi) is 3.76. The van der Waals surface area contributed by atoms with Gasteiger partial charge in [0.1, 0.15) is 17.7 Å². The Labute approximate surface area is 108 Å². The lowest BCUT2D eigenvalue weighted by atomic mass is 9.99. The molecule has 0 saturated carbocycles. The minimum Gasteiger partial charge on any atom is -0.494 e. The van der Waals surface area contributed by atoms with Crippen molar-refractivity contribution in [3.05, 3.63) is 65.0 Å². The molecule has 0 saturated heterocycles. The third-order valence-corrected chi connectivity index (χ3v) is 2.78. The molecule has 0 radical (unpaired) electrons. The van der Waals surface area contributed by atoms with Crippen molar-refractivity contribution in [3.8, 4) is 5.75 Å². The second-order valence-corrected chi connectivity index (χ2v) is 3.90. The van der Waals surface area contributed by atoms with Gasteiger partial charge >= 0.3 is 0 Å². The van der Waals surface area contributed by atoms with Gasteiger partial charge in [-0.25, -0.2) is 13.2 Å². The van der Waals surface area contributed by atoms with Gasteiger partial charge in [0.05, 0.1) is 12.7 Å². The topological polar surface area (TPSA) is 29.5 Å². The molecule has 0 heterocycles. The first-order valence-electron chi connectivity index (χ1n) is 5.50. The average Bonchev–Trinajstić information content (AvgIpc) is 2.38. The SMILES string of the molecule is COc1cccc(C(O)c2c(F)cccc2F)c1F. The van der Waals surface area contributed by atoms with Crippen LogP contribution >= 0.6 is 0 Å². The molecule has 0 amide bonds. The summed E-state index contributed by atoms with van der Waals surface area (Å²) in [6.07, 6.45) is -1.74. The Morgan fingerprint density at radius 1 is 1.00 bits per heavy atom. The monoisotopic (exact) mass is 268 g/mol. The smallest absolute Gasteiger partial charge is 0.171 e. The number of ether oxygens (including phenoxy) is 1. The summed E-state index contributed by atoms with van der Waals surface area (Å²) in [5.74, 6) is -2.82. The molecule has 0 aromatic heterocycles. The molecule has 0 fully saturated rings. The molecule has 0 spiro atoms. The summed E-state index contributed by atoms with van der Waals surface area (Å²) < 4.78 is 45.8. The predicted molar refractivity (Wildman–Crippen MR) is 63.4 cm³/mol. The van der Waals surface area contributed by atoms with Crippen LogP contribution in [0.2, 0.25) is 0 Å². The fourth-order valence-corrected chi connectivity index (χ4v) is 1.82. The van der Waals surface area contributed by atoms with Gasteiger partial charge in [-0.3, -0.25) is 0 Å². The summed E-state index contributed by atoms with van der Waals surface area (Å²) >= 11 is 0. The van der Waals surface area contributed by atoms with E-state index in [-0.39, 0.29) is 11.3 Å². The van der Waals surface area contributed by atoms with Gasteiger partial charge in [-0.05, 0) is 18.2 Å². The van der Waals surface area contributed by atoms with Crippen LogP contribution < -0.4 is 4.74 Å². The lowest BCUT2D eigenvalue weighted by Crippen LogP contribution is -2.08. The van der Waals surface area contributed by atoms with Gasteiger partial charge in [-0.2, -0.15) is 0 Å². The van der Waals surface area contributed by atoms with E-state index >= 15 is 0 Å². The fraction of sp³-hybridized carbons (Fsp3) is 0.143. The Morgan fingerprint density at radius 2 is 1.58 bits per heavy atom. The summed E-state index contributed by atoms with van der Waals surface area (Å²) in [5.41, 5.74) is -0.835. The molecule has 1 atom stereocenters. The van der Waals surface area contributed by atoms with Crippen molar-refractivity contribution < 1.29 is 23.0 Å². The second-order valence-electron chi connectivity index (χ2n) is 3.90. The van der Waals surface area contributed by atoms with Crippen molar-refractivity contribution in [1.29, 1.82) is 0 Å². The molecule has 0 aliphatic carbocycles. The van der Waals surface area contributed by atoms with E-state index in [1.54, 1.807) is 0 Å². The number of aliphatic hydroxyl groups is 1. The molecule has 0 bridgehead atoms. The zero-order valence-corrected chi connectivity index (χ0v) is 10.0. The van der Waals surface area contributed by atoms with Crippen LogP contribution in [0.1, 0.15) is 17.2 Å². The maximum atomic E-state index is 13.9. The standard InChI is InChI=1S/C14H11F3O2/c1-19-11-7-2-4-8(13(11)17)14(18)12-9(15)5-3-6-10(12)16/h2-7,14,18H,1H3. The zero-order valence-electron chi connectivity index (χ0n) is 10.0. The molecule has 0 aliphatic heterocycles. The van der Waals surface area contributed by atoms with E-state index in [0.717, 1.165) is 12.1 Å². The van der Waals surface area contributed by atoms with Crippen LogP contribution in [0, 0.1) is 17.5 Å². The maximum absolute atomic E-state index is 13.9. The molecule has 5 heteroatoms. The quantitative estimate of drug-likeness (QED) is 0.926. The van der Waals surface area contributed by atoms with Crippen LogP contribution in [0.4, 0.5) is 13.2 Å². The Hall–Kier alpha value is -2.01. The summed E-state index contributed by atoms with van der Waals surface area (Å²) in [7, 11) is 1.26. The van der Waals surface area contributed by atoms with Gasteiger partial charge in [0, 0.05) is 5.56 Å². The lowest BCUT2D eigenvalue weighted by Gasteiger charge is -2.15. The second kappa shape index (κ2) is 5.32. The number of aliphatic hydroxyl groups excluding tert-OH is 1. The van der Waals surface area contributed by atoms with E-state index in [1.165, 1.54) is 31.4 Å². The van der Waals surface area contributed by atoms with E-state index in [0.29, 0.717) is 0 Å². The highest BCUT2D eigenvalue weighted by Gasteiger charge is 2.23. The van der Waals surface area contributed by atoms with Gasteiger partial charge < -0.3 is 9.84 Å². The maximum Gasteiger partial charge on any atom is 0.171 e. The highest BCUT2D eigenvalue weighted by Crippen LogP contribution is 2.31. The van der Waals surface area contributed by atoms with Gasteiger partial charge in [0.25, 0.3) is 0 Å². The number of benzene rings is 2. The number of hydrogen-bond donors (Lipinski definition) is 1. The Balaban J connectivity index is 2.53. The average molecular weight is 268 g/mol. The number of methoxy groups -OCH3 is 1. The zero-order chi connectivity index (χ0) is 14.0. The van der Waals surface area contributed by atoms with E-state index in [4.69, 9.17) is 4.74 Å². The minimum absolute atomic E-state index is 0.103. The third-order valence-electron chi connectivity index (χ3n) is 2.78. The van der Waals surface area contributed by atoms with Crippen LogP contribution in [0.15, 0.2) is 36.4 Å². The van der Waals surface area contributed by atoms with Crippen LogP contribution in [0.5, 0.6) is 5.75 Å². The van der Waals surface area contributed by atoms with E-state index in [9.17, 15) is 18.3 Å². The first kappa shape index (κ1) is 13.4. The van der Waals surface area contributed by atoms with Crippen LogP contribution in [0.25, 0.3) is 0 Å². The molecule has 2 aromatic rings. The van der Waals surface area contributed by atoms with E-state index in [2.05, 4.69) is 0 Å². The molecule has 1 N–H and O–H groups in total. The van der Waals surface area contributed by atoms with Gasteiger partial charge in [-0.1, -0.05) is 18.2 Å². The predicted octanol–water partition coefficient (Wildman–Crippen LogP) is 3.19. The number of hydrogen-bond acceptors (Lipinski definition) is 2. The molecular weight excluding hydrogens is 257 g/mol. The Morgan fingerprint density at radius 3 is 2.16 bits per heavy atom. The highest BCUT2D eigenvalue weighted by molar-refractivity contribution is 5.38. The van der Waals surface area contributed by atoms with Gasteiger partial charge in [0.2, 0.25) is 0 Å².